The van der Waals surface area contributed by atoms with Crippen LogP contribution < -0.4 is 10.6 Å². The third-order valence-electron chi connectivity index (χ3n) is 3.74. The Balaban J connectivity index is 1.77. The molecule has 0 radical (unpaired) electrons. The van der Waals surface area contributed by atoms with E-state index in [0.29, 0.717) is 23.1 Å². The Kier molecular flexibility index (Phi) is 5.21. The van der Waals surface area contributed by atoms with E-state index in [2.05, 4.69) is 15.6 Å². The van der Waals surface area contributed by atoms with E-state index in [1.165, 1.54) is 25.3 Å². The number of carbonyl (C=O) groups is 2. The molecule has 0 saturated carbocycles. The molecule has 0 saturated heterocycles. The zero-order valence-electron chi connectivity index (χ0n) is 14.3. The second-order valence-corrected chi connectivity index (χ2v) is 5.77. The lowest BCUT2D eigenvalue weighted by molar-refractivity contribution is 0.101. The number of hydrogen-bond donors (Lipinski definition) is 2. The number of aromatic nitrogens is 1. The summed E-state index contributed by atoms with van der Waals surface area (Å²) in [7, 11) is 0. The summed E-state index contributed by atoms with van der Waals surface area (Å²) < 4.78 is 26.6. The average molecular weight is 367 g/mol. The van der Waals surface area contributed by atoms with Gasteiger partial charge in [0.2, 0.25) is 0 Å². The summed E-state index contributed by atoms with van der Waals surface area (Å²) in [6.45, 7) is 1.47. The van der Waals surface area contributed by atoms with Crippen molar-refractivity contribution in [3.8, 4) is 0 Å². The predicted molar refractivity (Wildman–Crippen MR) is 98.3 cm³/mol. The third kappa shape index (κ3) is 4.52. The number of ketones is 1. The van der Waals surface area contributed by atoms with Crippen LogP contribution in [-0.2, 0) is 0 Å². The van der Waals surface area contributed by atoms with Crippen LogP contribution in [0.25, 0.3) is 0 Å². The van der Waals surface area contributed by atoms with Crippen molar-refractivity contribution in [3.63, 3.8) is 0 Å². The third-order valence-corrected chi connectivity index (χ3v) is 3.74. The highest BCUT2D eigenvalue weighted by Crippen LogP contribution is 2.19. The number of rotatable bonds is 5. The van der Waals surface area contributed by atoms with Crippen LogP contribution in [0.15, 0.2) is 60.8 Å². The summed E-state index contributed by atoms with van der Waals surface area (Å²) in [5.74, 6) is -1.85. The normalized spacial score (nSPS) is 10.3. The van der Waals surface area contributed by atoms with Crippen molar-refractivity contribution >= 4 is 28.9 Å². The van der Waals surface area contributed by atoms with Gasteiger partial charge in [0.1, 0.15) is 17.5 Å². The van der Waals surface area contributed by atoms with Crippen LogP contribution in [0.5, 0.6) is 0 Å². The molecule has 0 aliphatic rings. The van der Waals surface area contributed by atoms with Gasteiger partial charge < -0.3 is 10.6 Å². The van der Waals surface area contributed by atoms with Crippen LogP contribution in [-0.4, -0.2) is 16.7 Å². The minimum atomic E-state index is -0.864. The van der Waals surface area contributed by atoms with Gasteiger partial charge in [-0.25, -0.2) is 13.8 Å². The molecule has 3 rings (SSSR count). The molecule has 0 fully saturated rings. The van der Waals surface area contributed by atoms with E-state index in [-0.39, 0.29) is 17.0 Å². The molecule has 0 atom stereocenters. The van der Waals surface area contributed by atoms with E-state index < -0.39 is 17.5 Å². The van der Waals surface area contributed by atoms with Crippen molar-refractivity contribution in [1.29, 1.82) is 0 Å². The van der Waals surface area contributed by atoms with Crippen LogP contribution in [0.2, 0.25) is 0 Å². The Hall–Kier alpha value is -3.61. The minimum Gasteiger partial charge on any atom is -0.340 e. The van der Waals surface area contributed by atoms with E-state index in [1.54, 1.807) is 24.3 Å². The molecule has 1 heterocycles. The molecule has 27 heavy (non-hydrogen) atoms. The lowest BCUT2D eigenvalue weighted by Gasteiger charge is -2.09. The molecule has 2 aromatic carbocycles. The number of pyridine rings is 1. The number of nitrogens with one attached hydrogen (secondary N) is 2. The van der Waals surface area contributed by atoms with E-state index >= 15 is 0 Å². The first-order valence-electron chi connectivity index (χ1n) is 8.03. The molecule has 1 aromatic heterocycles. The Morgan fingerprint density at radius 3 is 2.52 bits per heavy atom. The van der Waals surface area contributed by atoms with Gasteiger partial charge in [-0.05, 0) is 43.3 Å². The molecule has 7 heteroatoms. The second kappa shape index (κ2) is 7.74. The van der Waals surface area contributed by atoms with Gasteiger partial charge in [0.25, 0.3) is 5.91 Å². The number of hydrogen-bond acceptors (Lipinski definition) is 4. The number of amides is 1. The number of halogens is 2. The first kappa shape index (κ1) is 18.2. The van der Waals surface area contributed by atoms with Gasteiger partial charge in [-0.2, -0.15) is 0 Å². The lowest BCUT2D eigenvalue weighted by atomic mass is 10.1. The fourth-order valence-corrected chi connectivity index (χ4v) is 2.39. The zero-order chi connectivity index (χ0) is 19.4. The van der Waals surface area contributed by atoms with E-state index in [1.807, 2.05) is 0 Å². The molecule has 0 spiro atoms. The Bertz CT molecular complexity index is 1020. The maximum atomic E-state index is 13.7. The largest absolute Gasteiger partial charge is 0.340 e. The molecule has 136 valence electrons. The van der Waals surface area contributed by atoms with Crippen LogP contribution in [0.4, 0.5) is 26.0 Å². The molecule has 0 aliphatic carbocycles. The number of nitrogens with zero attached hydrogens (tertiary/aromatic N) is 1. The topological polar surface area (TPSA) is 71.1 Å². The Morgan fingerprint density at radius 1 is 0.963 bits per heavy atom. The van der Waals surface area contributed by atoms with Crippen molar-refractivity contribution in [2.45, 2.75) is 6.92 Å². The minimum absolute atomic E-state index is 0.0685. The second-order valence-electron chi connectivity index (χ2n) is 5.77. The highest BCUT2D eigenvalue weighted by molar-refractivity contribution is 6.04. The van der Waals surface area contributed by atoms with Crippen molar-refractivity contribution in [2.24, 2.45) is 0 Å². The molecule has 0 unspecified atom stereocenters. The maximum absolute atomic E-state index is 13.7. The van der Waals surface area contributed by atoms with Gasteiger partial charge in [-0.15, -0.1) is 0 Å². The van der Waals surface area contributed by atoms with Gasteiger partial charge in [0.15, 0.2) is 5.78 Å². The number of carbonyl (C=O) groups excluding carboxylic acids is 2. The van der Waals surface area contributed by atoms with Crippen molar-refractivity contribution in [3.05, 3.63) is 83.6 Å². The summed E-state index contributed by atoms with van der Waals surface area (Å²) in [4.78, 5) is 27.9. The number of anilines is 3. The van der Waals surface area contributed by atoms with Crippen molar-refractivity contribution in [1.82, 2.24) is 4.98 Å². The van der Waals surface area contributed by atoms with Crippen molar-refractivity contribution < 1.29 is 18.4 Å². The fraction of sp³-hybridized carbons (Fsp3) is 0.0500. The van der Waals surface area contributed by atoms with Crippen LogP contribution >= 0.6 is 0 Å². The molecule has 5 nitrogen and oxygen atoms in total. The smallest absolute Gasteiger partial charge is 0.255 e. The van der Waals surface area contributed by atoms with Gasteiger partial charge in [0.05, 0.1) is 5.69 Å². The molecular formula is C20H15F2N3O2. The first-order chi connectivity index (χ1) is 12.9. The van der Waals surface area contributed by atoms with E-state index in [0.717, 1.165) is 12.1 Å². The van der Waals surface area contributed by atoms with E-state index in [9.17, 15) is 18.4 Å². The van der Waals surface area contributed by atoms with Gasteiger partial charge >= 0.3 is 0 Å². The fourth-order valence-electron chi connectivity index (χ4n) is 2.39. The summed E-state index contributed by atoms with van der Waals surface area (Å²) in [5.41, 5.74) is 1.29. The van der Waals surface area contributed by atoms with Crippen LogP contribution in [0.1, 0.15) is 27.6 Å². The number of Topliss-reactive ketones (excluding diaryl/α,β-unsaturated/α-hetero) is 1. The van der Waals surface area contributed by atoms with E-state index in [4.69, 9.17) is 0 Å². The van der Waals surface area contributed by atoms with Gasteiger partial charge in [0, 0.05) is 29.1 Å². The number of benzene rings is 2. The molecule has 0 aliphatic heterocycles. The molecule has 1 amide bonds. The highest BCUT2D eigenvalue weighted by Gasteiger charge is 2.11. The lowest BCUT2D eigenvalue weighted by Crippen LogP contribution is -2.13. The van der Waals surface area contributed by atoms with Crippen molar-refractivity contribution in [2.75, 3.05) is 10.6 Å². The zero-order valence-corrected chi connectivity index (χ0v) is 14.3. The highest BCUT2D eigenvalue weighted by atomic mass is 19.1. The molecular weight excluding hydrogens is 352 g/mol. The standard InChI is InChI=1S/C20H15F2N3O2/c1-12(26)13-3-2-4-16(9-13)24-19-10-14(7-8-23-19)20(27)25-18-6-5-15(21)11-17(18)22/h2-11H,1H3,(H,23,24)(H,25,27). The Labute approximate surface area is 154 Å². The molecule has 0 bridgehead atoms. The first-order valence-corrected chi connectivity index (χ1v) is 8.03. The van der Waals surface area contributed by atoms with Gasteiger partial charge in [-0.3, -0.25) is 9.59 Å². The Morgan fingerprint density at radius 2 is 1.78 bits per heavy atom. The summed E-state index contributed by atoms with van der Waals surface area (Å²) in [6, 6.07) is 12.7. The monoisotopic (exact) mass is 367 g/mol. The maximum Gasteiger partial charge on any atom is 0.255 e. The van der Waals surface area contributed by atoms with Gasteiger partial charge in [-0.1, -0.05) is 12.1 Å². The van der Waals surface area contributed by atoms with Crippen LogP contribution in [0, 0.1) is 11.6 Å². The molecule has 2 N–H and O–H groups in total. The summed E-state index contributed by atoms with van der Waals surface area (Å²) >= 11 is 0. The SMILES string of the molecule is CC(=O)c1cccc(Nc2cc(C(=O)Nc3ccc(F)cc3F)ccn2)c1. The summed E-state index contributed by atoms with van der Waals surface area (Å²) in [5, 5.41) is 5.40. The quantitative estimate of drug-likeness (QED) is 0.649. The summed E-state index contributed by atoms with van der Waals surface area (Å²) in [6.07, 6.45) is 1.42. The predicted octanol–water partition coefficient (Wildman–Crippen LogP) is 4.56. The molecule has 3 aromatic rings. The van der Waals surface area contributed by atoms with Crippen LogP contribution in [0.3, 0.4) is 0 Å². The average Bonchev–Trinajstić information content (AvgIpc) is 2.64.